The van der Waals surface area contributed by atoms with E-state index >= 15 is 0 Å². The van der Waals surface area contributed by atoms with Gasteiger partial charge in [0.05, 0.1) is 14.2 Å². The number of hydrogen-bond acceptors (Lipinski definition) is 3. The fourth-order valence-corrected chi connectivity index (χ4v) is 4.36. The molecule has 0 unspecified atom stereocenters. The molecule has 4 rings (SSSR count). The number of likely N-dealkylation sites (tertiary alicyclic amines) is 1. The summed E-state index contributed by atoms with van der Waals surface area (Å²) in [5.41, 5.74) is 5.82. The highest BCUT2D eigenvalue weighted by molar-refractivity contribution is 5.90. The normalized spacial score (nSPS) is 14.7. The Morgan fingerprint density at radius 1 is 1.03 bits per heavy atom. The number of urea groups is 1. The summed E-state index contributed by atoms with van der Waals surface area (Å²) in [5.74, 6) is 1.68. The van der Waals surface area contributed by atoms with E-state index in [4.69, 9.17) is 9.47 Å². The average Bonchev–Trinajstić information content (AvgIpc) is 3.09. The van der Waals surface area contributed by atoms with E-state index < -0.39 is 0 Å². The van der Waals surface area contributed by atoms with Crippen LogP contribution in [-0.4, -0.2) is 43.2 Å². The molecule has 0 radical (unpaired) electrons. The number of carbonyl (C=O) groups is 1. The van der Waals surface area contributed by atoms with Crippen LogP contribution in [0.15, 0.2) is 36.4 Å². The van der Waals surface area contributed by atoms with Crippen LogP contribution in [0, 0.1) is 13.8 Å². The Bertz CT molecular complexity index is 1060. The minimum absolute atomic E-state index is 0.0790. The molecular formula is C24H29N3O3. The van der Waals surface area contributed by atoms with Crippen LogP contribution in [-0.2, 0) is 0 Å². The Labute approximate surface area is 177 Å². The number of rotatable bonds is 4. The maximum atomic E-state index is 12.7. The number of ether oxygens (including phenoxy) is 2. The zero-order valence-electron chi connectivity index (χ0n) is 18.0. The van der Waals surface area contributed by atoms with Crippen LogP contribution in [0.5, 0.6) is 11.5 Å². The lowest BCUT2D eigenvalue weighted by Crippen LogP contribution is -2.40. The largest absolute Gasteiger partial charge is 0.493 e. The van der Waals surface area contributed by atoms with Gasteiger partial charge in [-0.3, -0.25) is 0 Å². The Kier molecular flexibility index (Phi) is 5.57. The second-order valence-corrected chi connectivity index (χ2v) is 7.97. The van der Waals surface area contributed by atoms with Gasteiger partial charge in [0.1, 0.15) is 0 Å². The van der Waals surface area contributed by atoms with Gasteiger partial charge in [0.2, 0.25) is 0 Å². The van der Waals surface area contributed by atoms with Gasteiger partial charge in [-0.25, -0.2) is 4.79 Å². The first-order valence-corrected chi connectivity index (χ1v) is 10.4. The summed E-state index contributed by atoms with van der Waals surface area (Å²) in [6.45, 7) is 5.79. The predicted octanol–water partition coefficient (Wildman–Crippen LogP) is 5.21. The van der Waals surface area contributed by atoms with Crippen molar-refractivity contribution in [3.8, 4) is 11.5 Å². The molecule has 0 atom stereocenters. The predicted molar refractivity (Wildman–Crippen MR) is 120 cm³/mol. The number of fused-ring (bicyclic) bond motifs is 1. The van der Waals surface area contributed by atoms with Crippen molar-refractivity contribution in [1.82, 2.24) is 9.88 Å². The molecule has 1 saturated heterocycles. The van der Waals surface area contributed by atoms with Gasteiger partial charge in [-0.05, 0) is 56.5 Å². The van der Waals surface area contributed by atoms with E-state index in [9.17, 15) is 4.79 Å². The van der Waals surface area contributed by atoms with Gasteiger partial charge in [-0.15, -0.1) is 0 Å². The molecule has 0 aliphatic carbocycles. The molecule has 3 aromatic rings. The molecule has 6 nitrogen and oxygen atoms in total. The molecule has 2 aromatic carbocycles. The molecule has 6 heteroatoms. The molecule has 2 heterocycles. The van der Waals surface area contributed by atoms with Crippen LogP contribution in [0.1, 0.15) is 35.6 Å². The van der Waals surface area contributed by atoms with Crippen LogP contribution >= 0.6 is 0 Å². The monoisotopic (exact) mass is 407 g/mol. The quantitative estimate of drug-likeness (QED) is 0.624. The fourth-order valence-electron chi connectivity index (χ4n) is 4.36. The highest BCUT2D eigenvalue weighted by Gasteiger charge is 2.26. The number of benzene rings is 2. The molecule has 1 aliphatic rings. The molecule has 0 spiro atoms. The lowest BCUT2D eigenvalue weighted by atomic mass is 9.91. The number of nitrogens with one attached hydrogen (secondary N) is 2. The molecule has 30 heavy (non-hydrogen) atoms. The van der Waals surface area contributed by atoms with E-state index in [1.807, 2.05) is 11.0 Å². The summed E-state index contributed by atoms with van der Waals surface area (Å²) in [4.78, 5) is 18.3. The molecule has 2 N–H and O–H groups in total. The summed E-state index contributed by atoms with van der Waals surface area (Å²) in [7, 11) is 3.18. The average molecular weight is 408 g/mol. The lowest BCUT2D eigenvalue weighted by molar-refractivity contribution is 0.194. The van der Waals surface area contributed by atoms with E-state index in [2.05, 4.69) is 42.3 Å². The molecule has 1 aromatic heterocycles. The summed E-state index contributed by atoms with van der Waals surface area (Å²) < 4.78 is 10.6. The van der Waals surface area contributed by atoms with Crippen LogP contribution in [0.3, 0.4) is 0 Å². The molecular weight excluding hydrogens is 378 g/mol. The number of hydrogen-bond donors (Lipinski definition) is 2. The Hall–Kier alpha value is -3.15. The minimum atomic E-state index is -0.0790. The van der Waals surface area contributed by atoms with Gasteiger partial charge in [-0.2, -0.15) is 0 Å². The maximum absolute atomic E-state index is 12.7. The number of anilines is 1. The van der Waals surface area contributed by atoms with Gasteiger partial charge in [0, 0.05) is 47.4 Å². The molecule has 158 valence electrons. The van der Waals surface area contributed by atoms with Crippen LogP contribution < -0.4 is 14.8 Å². The minimum Gasteiger partial charge on any atom is -0.493 e. The smallest absolute Gasteiger partial charge is 0.321 e. The number of piperidine rings is 1. The summed E-state index contributed by atoms with van der Waals surface area (Å²) in [5, 5.41) is 4.28. The number of aromatic nitrogens is 1. The van der Waals surface area contributed by atoms with Crippen LogP contribution in [0.4, 0.5) is 10.5 Å². The Morgan fingerprint density at radius 3 is 2.47 bits per heavy atom. The second kappa shape index (κ2) is 8.30. The summed E-state index contributed by atoms with van der Waals surface area (Å²) >= 11 is 0. The zero-order chi connectivity index (χ0) is 21.3. The van der Waals surface area contributed by atoms with Crippen molar-refractivity contribution in [3.63, 3.8) is 0 Å². The van der Waals surface area contributed by atoms with E-state index in [1.54, 1.807) is 26.4 Å². The van der Waals surface area contributed by atoms with Crippen molar-refractivity contribution in [3.05, 3.63) is 53.2 Å². The number of amides is 2. The Balaban J connectivity index is 1.41. The second-order valence-electron chi connectivity index (χ2n) is 7.97. The van der Waals surface area contributed by atoms with Crippen molar-refractivity contribution in [2.45, 2.75) is 32.6 Å². The zero-order valence-corrected chi connectivity index (χ0v) is 18.0. The highest BCUT2D eigenvalue weighted by atomic mass is 16.5. The lowest BCUT2D eigenvalue weighted by Gasteiger charge is -2.32. The molecule has 1 fully saturated rings. The van der Waals surface area contributed by atoms with Crippen molar-refractivity contribution in [2.24, 2.45) is 0 Å². The van der Waals surface area contributed by atoms with Crippen molar-refractivity contribution in [1.29, 1.82) is 0 Å². The summed E-state index contributed by atoms with van der Waals surface area (Å²) in [6.07, 6.45) is 1.90. The van der Waals surface area contributed by atoms with Gasteiger partial charge < -0.3 is 24.7 Å². The maximum Gasteiger partial charge on any atom is 0.321 e. The molecule has 2 amide bonds. The number of nitrogens with zero attached hydrogens (tertiary/aromatic N) is 1. The molecule has 0 saturated carbocycles. The number of H-pyrrole nitrogens is 1. The number of aromatic amines is 1. The van der Waals surface area contributed by atoms with E-state index in [0.29, 0.717) is 23.1 Å². The molecule has 1 aliphatic heterocycles. The fraction of sp³-hybridized carbons (Fsp3) is 0.375. The van der Waals surface area contributed by atoms with Gasteiger partial charge >= 0.3 is 6.03 Å². The van der Waals surface area contributed by atoms with Gasteiger partial charge in [0.15, 0.2) is 11.5 Å². The number of carbonyl (C=O) groups excluding carboxylic acids is 1. The topological polar surface area (TPSA) is 66.6 Å². The first-order valence-electron chi connectivity index (χ1n) is 10.4. The van der Waals surface area contributed by atoms with Crippen LogP contribution in [0.2, 0.25) is 0 Å². The number of methoxy groups -OCH3 is 2. The van der Waals surface area contributed by atoms with Crippen LogP contribution in [0.25, 0.3) is 10.9 Å². The van der Waals surface area contributed by atoms with E-state index in [1.165, 1.54) is 27.7 Å². The van der Waals surface area contributed by atoms with Crippen molar-refractivity contribution < 1.29 is 14.3 Å². The van der Waals surface area contributed by atoms with E-state index in [0.717, 1.165) is 25.9 Å². The highest BCUT2D eigenvalue weighted by Crippen LogP contribution is 2.34. The Morgan fingerprint density at radius 2 is 1.77 bits per heavy atom. The third kappa shape index (κ3) is 3.82. The third-order valence-electron chi connectivity index (χ3n) is 6.08. The number of aryl methyl sites for hydroxylation is 2. The van der Waals surface area contributed by atoms with Crippen molar-refractivity contribution in [2.75, 3.05) is 32.6 Å². The van der Waals surface area contributed by atoms with Gasteiger partial charge in [-0.1, -0.05) is 11.6 Å². The first-order chi connectivity index (χ1) is 14.5. The van der Waals surface area contributed by atoms with E-state index in [-0.39, 0.29) is 6.03 Å². The molecule has 0 bridgehead atoms. The third-order valence-corrected chi connectivity index (χ3v) is 6.08. The summed E-state index contributed by atoms with van der Waals surface area (Å²) in [6, 6.07) is 11.9. The standard InChI is InChI=1S/C24H29N3O3/c1-15-5-7-20-19(13-15)16(2)23(26-20)17-9-11-27(12-10-17)24(28)25-18-6-8-21(29-3)22(14-18)30-4/h5-8,13-14,17,26H,9-12H2,1-4H3,(H,25,28). The SMILES string of the molecule is COc1ccc(NC(=O)N2CCC(c3[nH]c4ccc(C)cc4c3C)CC2)cc1OC. The van der Waals surface area contributed by atoms with Crippen molar-refractivity contribution >= 4 is 22.6 Å². The first kappa shape index (κ1) is 20.1. The van der Waals surface area contributed by atoms with Gasteiger partial charge in [0.25, 0.3) is 0 Å².